The number of benzene rings is 3. The Hall–Kier alpha value is -4.41. The van der Waals surface area contributed by atoms with E-state index in [2.05, 4.69) is 16.0 Å². The van der Waals surface area contributed by atoms with Crippen LogP contribution in [0.25, 0.3) is 0 Å². The minimum Gasteiger partial charge on any atom is -0.445 e. The SMILES string of the molecule is COC(CNC(=O)[C@](CCNC(=O)OCc1ccccc1)(Cc1ccccc1)NC(=O)OCc1ccccc1)OC. The zero-order valence-electron chi connectivity index (χ0n) is 23.3. The third-order valence-corrected chi connectivity index (χ3v) is 6.33. The summed E-state index contributed by atoms with van der Waals surface area (Å²) in [7, 11) is 2.92. The van der Waals surface area contributed by atoms with Crippen LogP contribution < -0.4 is 16.0 Å². The highest BCUT2D eigenvalue weighted by atomic mass is 16.7. The van der Waals surface area contributed by atoms with Crippen molar-refractivity contribution in [2.75, 3.05) is 27.3 Å². The van der Waals surface area contributed by atoms with E-state index in [4.69, 9.17) is 18.9 Å². The minimum atomic E-state index is -1.49. The second-order valence-corrected chi connectivity index (χ2v) is 9.28. The van der Waals surface area contributed by atoms with Gasteiger partial charge in [0, 0.05) is 27.2 Å². The van der Waals surface area contributed by atoms with Gasteiger partial charge in [0.1, 0.15) is 18.8 Å². The molecule has 1 atom stereocenters. The Morgan fingerprint density at radius 1 is 0.683 bits per heavy atom. The van der Waals surface area contributed by atoms with Gasteiger partial charge in [-0.1, -0.05) is 91.0 Å². The Balaban J connectivity index is 1.76. The van der Waals surface area contributed by atoms with Gasteiger partial charge < -0.3 is 34.9 Å². The fourth-order valence-electron chi connectivity index (χ4n) is 4.10. The zero-order valence-corrected chi connectivity index (χ0v) is 23.3. The number of hydrogen-bond donors (Lipinski definition) is 3. The summed E-state index contributed by atoms with van der Waals surface area (Å²) in [6, 6.07) is 27.7. The van der Waals surface area contributed by atoms with E-state index in [9.17, 15) is 14.4 Å². The minimum absolute atomic E-state index is 0.0230. The summed E-state index contributed by atoms with van der Waals surface area (Å²) >= 11 is 0. The summed E-state index contributed by atoms with van der Waals surface area (Å²) in [6.07, 6.45) is -1.94. The summed E-state index contributed by atoms with van der Waals surface area (Å²) < 4.78 is 21.2. The van der Waals surface area contributed by atoms with Gasteiger partial charge >= 0.3 is 12.2 Å². The normalized spacial score (nSPS) is 12.2. The van der Waals surface area contributed by atoms with Crippen molar-refractivity contribution in [2.24, 2.45) is 0 Å². The van der Waals surface area contributed by atoms with Crippen molar-refractivity contribution in [1.82, 2.24) is 16.0 Å². The molecule has 3 rings (SSSR count). The van der Waals surface area contributed by atoms with E-state index < -0.39 is 29.9 Å². The zero-order chi connectivity index (χ0) is 29.3. The molecule has 0 heterocycles. The molecule has 3 aromatic carbocycles. The molecular weight excluding hydrogens is 526 g/mol. The molecule has 41 heavy (non-hydrogen) atoms. The van der Waals surface area contributed by atoms with Crippen molar-refractivity contribution in [1.29, 1.82) is 0 Å². The predicted molar refractivity (Wildman–Crippen MR) is 153 cm³/mol. The maximum absolute atomic E-state index is 13.8. The van der Waals surface area contributed by atoms with E-state index in [0.717, 1.165) is 16.7 Å². The van der Waals surface area contributed by atoms with Crippen molar-refractivity contribution in [3.8, 4) is 0 Å². The number of carbonyl (C=O) groups excluding carboxylic acids is 3. The number of methoxy groups -OCH3 is 2. The van der Waals surface area contributed by atoms with Crippen molar-refractivity contribution in [3.05, 3.63) is 108 Å². The molecule has 0 saturated heterocycles. The number of amides is 3. The van der Waals surface area contributed by atoms with Crippen LogP contribution in [-0.4, -0.2) is 57.2 Å². The molecule has 0 aromatic heterocycles. The summed E-state index contributed by atoms with van der Waals surface area (Å²) in [4.78, 5) is 39.3. The molecule has 0 unspecified atom stereocenters. The lowest BCUT2D eigenvalue weighted by atomic mass is 9.86. The van der Waals surface area contributed by atoms with Gasteiger partial charge in [-0.25, -0.2) is 9.59 Å². The molecule has 0 saturated carbocycles. The van der Waals surface area contributed by atoms with Crippen LogP contribution in [0, 0.1) is 0 Å². The molecule has 0 spiro atoms. The second-order valence-electron chi connectivity index (χ2n) is 9.28. The molecule has 0 aliphatic rings. The number of rotatable bonds is 15. The van der Waals surface area contributed by atoms with E-state index in [0.29, 0.717) is 0 Å². The molecule has 0 aliphatic heterocycles. The topological polar surface area (TPSA) is 124 Å². The predicted octanol–water partition coefficient (Wildman–Crippen LogP) is 3.95. The van der Waals surface area contributed by atoms with Crippen LogP contribution in [0.2, 0.25) is 0 Å². The first-order valence-corrected chi connectivity index (χ1v) is 13.3. The van der Waals surface area contributed by atoms with Crippen molar-refractivity contribution in [2.45, 2.75) is 37.9 Å². The highest BCUT2D eigenvalue weighted by molar-refractivity contribution is 5.90. The summed E-state index contributed by atoms with van der Waals surface area (Å²) in [5.41, 5.74) is 0.946. The molecular formula is C31H37N3O7. The number of ether oxygens (including phenoxy) is 4. The highest BCUT2D eigenvalue weighted by Gasteiger charge is 2.41. The summed E-state index contributed by atoms with van der Waals surface area (Å²) in [5, 5.41) is 8.28. The van der Waals surface area contributed by atoms with Crippen molar-refractivity contribution >= 4 is 18.1 Å². The van der Waals surface area contributed by atoms with Crippen LogP contribution in [0.15, 0.2) is 91.0 Å². The molecule has 0 aliphatic carbocycles. The summed E-state index contributed by atoms with van der Waals surface area (Å²) in [5.74, 6) is -0.489. The van der Waals surface area contributed by atoms with Crippen LogP contribution in [0.4, 0.5) is 9.59 Å². The monoisotopic (exact) mass is 563 g/mol. The first-order valence-electron chi connectivity index (χ1n) is 13.3. The smallest absolute Gasteiger partial charge is 0.408 e. The first-order chi connectivity index (χ1) is 19.9. The Kier molecular flexibility index (Phi) is 12.6. The molecule has 218 valence electrons. The van der Waals surface area contributed by atoms with Crippen molar-refractivity contribution < 1.29 is 33.3 Å². The number of carbonyl (C=O) groups is 3. The average Bonchev–Trinajstić information content (AvgIpc) is 3.01. The third-order valence-electron chi connectivity index (χ3n) is 6.33. The maximum atomic E-state index is 13.8. The highest BCUT2D eigenvalue weighted by Crippen LogP contribution is 2.20. The van der Waals surface area contributed by atoms with Crippen molar-refractivity contribution in [3.63, 3.8) is 0 Å². The van der Waals surface area contributed by atoms with Crippen LogP contribution in [0.3, 0.4) is 0 Å². The average molecular weight is 564 g/mol. The van der Waals surface area contributed by atoms with Gasteiger partial charge in [0.15, 0.2) is 6.29 Å². The van der Waals surface area contributed by atoms with Gasteiger partial charge in [0.05, 0.1) is 6.54 Å². The third kappa shape index (κ3) is 10.6. The number of alkyl carbamates (subject to hydrolysis) is 2. The largest absolute Gasteiger partial charge is 0.445 e. The molecule has 0 fully saturated rings. The maximum Gasteiger partial charge on any atom is 0.408 e. The van der Waals surface area contributed by atoms with E-state index >= 15 is 0 Å². The summed E-state index contributed by atoms with van der Waals surface area (Å²) in [6.45, 7) is 0.192. The lowest BCUT2D eigenvalue weighted by Crippen LogP contribution is -2.62. The lowest BCUT2D eigenvalue weighted by Gasteiger charge is -2.34. The van der Waals surface area contributed by atoms with Crippen LogP contribution in [-0.2, 0) is 43.4 Å². The van der Waals surface area contributed by atoms with Gasteiger partial charge in [-0.3, -0.25) is 4.79 Å². The molecule has 10 heteroatoms. The van der Waals surface area contributed by atoms with Gasteiger partial charge in [-0.2, -0.15) is 0 Å². The van der Waals surface area contributed by atoms with E-state index in [1.54, 1.807) is 0 Å². The Morgan fingerprint density at radius 2 is 1.17 bits per heavy atom. The van der Waals surface area contributed by atoms with Crippen LogP contribution in [0.1, 0.15) is 23.1 Å². The molecule has 0 bridgehead atoms. The standard InChI is InChI=1S/C31H37N3O7/c1-38-27(39-2)21-33-28(35)31(20-24-12-6-3-7-13-24,34-30(37)41-23-26-16-10-5-11-17-26)18-19-32-29(36)40-22-25-14-8-4-9-15-25/h3-17,27H,18-23H2,1-2H3,(H,32,36)(H,33,35)(H,34,37)/t31-/m0/s1. The molecule has 3 N–H and O–H groups in total. The number of hydrogen-bond acceptors (Lipinski definition) is 7. The molecule has 3 aromatic rings. The van der Waals surface area contributed by atoms with E-state index in [1.165, 1.54) is 14.2 Å². The molecule has 10 nitrogen and oxygen atoms in total. The Bertz CT molecular complexity index is 1210. The first kappa shape index (κ1) is 31.1. The van der Waals surface area contributed by atoms with Gasteiger partial charge in [0.25, 0.3) is 0 Å². The van der Waals surface area contributed by atoms with Gasteiger partial charge in [-0.05, 0) is 23.1 Å². The number of nitrogens with one attached hydrogen (secondary N) is 3. The van der Waals surface area contributed by atoms with Gasteiger partial charge in [0.2, 0.25) is 5.91 Å². The molecule has 3 amide bonds. The Labute approximate surface area is 240 Å². The van der Waals surface area contributed by atoms with Crippen LogP contribution >= 0.6 is 0 Å². The Morgan fingerprint density at radius 3 is 1.68 bits per heavy atom. The lowest BCUT2D eigenvalue weighted by molar-refractivity contribution is -0.133. The fraction of sp³-hybridized carbons (Fsp3) is 0.323. The van der Waals surface area contributed by atoms with Crippen LogP contribution in [0.5, 0.6) is 0 Å². The molecule has 0 radical (unpaired) electrons. The second kappa shape index (κ2) is 16.6. The van der Waals surface area contributed by atoms with Gasteiger partial charge in [-0.15, -0.1) is 0 Å². The van der Waals surface area contributed by atoms with E-state index in [1.807, 2.05) is 91.0 Å². The van der Waals surface area contributed by atoms with E-state index in [-0.39, 0.29) is 39.1 Å². The fourth-order valence-corrected chi connectivity index (χ4v) is 4.10. The quantitative estimate of drug-likeness (QED) is 0.239.